The van der Waals surface area contributed by atoms with Crippen LogP contribution in [0.5, 0.6) is 11.5 Å². The average molecular weight is 395 g/mol. The summed E-state index contributed by atoms with van der Waals surface area (Å²) in [6.07, 6.45) is 8.27. The number of hydrogen-bond donors (Lipinski definition) is 1. The van der Waals surface area contributed by atoms with Gasteiger partial charge in [0, 0.05) is 31.1 Å². The number of hydrogen-bond acceptors (Lipinski definition) is 4. The first-order chi connectivity index (χ1) is 12.7. The molecule has 1 fully saturated rings. The van der Waals surface area contributed by atoms with Crippen LogP contribution in [0.2, 0.25) is 0 Å². The number of carbonyl (C=O) groups is 1. The van der Waals surface area contributed by atoms with E-state index in [1.807, 2.05) is 18.2 Å². The van der Waals surface area contributed by atoms with Gasteiger partial charge in [0.25, 0.3) is 0 Å². The molecule has 0 unspecified atom stereocenters. The Balaban J connectivity index is 0.00000261. The summed E-state index contributed by atoms with van der Waals surface area (Å²) in [4.78, 5) is 15.2. The average Bonchev–Trinajstić information content (AvgIpc) is 3.21. The molecule has 150 valence electrons. The van der Waals surface area contributed by atoms with E-state index < -0.39 is 0 Å². The number of amides is 1. The first kappa shape index (κ1) is 21.6. The Morgan fingerprint density at radius 2 is 2.00 bits per heavy atom. The molecule has 1 N–H and O–H groups in total. The summed E-state index contributed by atoms with van der Waals surface area (Å²) in [6, 6.07) is 6.13. The third-order valence-corrected chi connectivity index (χ3v) is 5.45. The van der Waals surface area contributed by atoms with Crippen molar-refractivity contribution in [3.63, 3.8) is 0 Å². The summed E-state index contributed by atoms with van der Waals surface area (Å²) in [6.45, 7) is 2.41. The van der Waals surface area contributed by atoms with Crippen LogP contribution in [0.15, 0.2) is 29.8 Å². The molecule has 1 aromatic carbocycles. The standard InChI is InChI=1S/C21H30N2O3.ClH/c1-25-19-7-8-20(26-2)17(14-19)15-23(18-5-3-4-6-18)21(24)13-16-9-11-22-12-10-16;/h7-9,14,18,22H,3-6,10-13,15H2,1-2H3;1H. The van der Waals surface area contributed by atoms with Crippen LogP contribution in [-0.4, -0.2) is 44.2 Å². The van der Waals surface area contributed by atoms with Crippen LogP contribution >= 0.6 is 12.4 Å². The van der Waals surface area contributed by atoms with Crippen LogP contribution in [0, 0.1) is 0 Å². The fourth-order valence-electron chi connectivity index (χ4n) is 3.95. The lowest BCUT2D eigenvalue weighted by Gasteiger charge is -2.30. The van der Waals surface area contributed by atoms with Crippen LogP contribution in [0.3, 0.4) is 0 Å². The predicted molar refractivity (Wildman–Crippen MR) is 110 cm³/mol. The third-order valence-electron chi connectivity index (χ3n) is 5.45. The largest absolute Gasteiger partial charge is 0.497 e. The summed E-state index contributed by atoms with van der Waals surface area (Å²) in [5, 5.41) is 3.31. The van der Waals surface area contributed by atoms with Gasteiger partial charge >= 0.3 is 0 Å². The van der Waals surface area contributed by atoms with Crippen LogP contribution in [0.1, 0.15) is 44.1 Å². The van der Waals surface area contributed by atoms with Crippen molar-refractivity contribution in [1.82, 2.24) is 10.2 Å². The highest BCUT2D eigenvalue weighted by Gasteiger charge is 2.28. The topological polar surface area (TPSA) is 50.8 Å². The Labute approximate surface area is 168 Å². The van der Waals surface area contributed by atoms with Crippen LogP contribution in [0.4, 0.5) is 0 Å². The fraction of sp³-hybridized carbons (Fsp3) is 0.571. The maximum absolute atomic E-state index is 13.1. The first-order valence-corrected chi connectivity index (χ1v) is 9.60. The van der Waals surface area contributed by atoms with E-state index in [4.69, 9.17) is 9.47 Å². The molecule has 0 atom stereocenters. The molecule has 0 aromatic heterocycles. The molecule has 5 nitrogen and oxygen atoms in total. The molecule has 1 aliphatic heterocycles. The van der Waals surface area contributed by atoms with Crippen molar-refractivity contribution >= 4 is 18.3 Å². The summed E-state index contributed by atoms with van der Waals surface area (Å²) >= 11 is 0. The van der Waals surface area contributed by atoms with Gasteiger partial charge in [0.2, 0.25) is 5.91 Å². The molecule has 0 bridgehead atoms. The predicted octanol–water partition coefficient (Wildman–Crippen LogP) is 3.71. The highest BCUT2D eigenvalue weighted by molar-refractivity contribution is 5.85. The molecular formula is C21H31ClN2O3. The van der Waals surface area contributed by atoms with Crippen LogP contribution < -0.4 is 14.8 Å². The Bertz CT molecular complexity index is 657. The maximum atomic E-state index is 13.1. The normalized spacial score (nSPS) is 17.0. The van der Waals surface area contributed by atoms with Gasteiger partial charge in [0.15, 0.2) is 0 Å². The van der Waals surface area contributed by atoms with Crippen molar-refractivity contribution in [1.29, 1.82) is 0 Å². The van der Waals surface area contributed by atoms with E-state index in [-0.39, 0.29) is 18.3 Å². The minimum Gasteiger partial charge on any atom is -0.497 e. The van der Waals surface area contributed by atoms with Crippen molar-refractivity contribution in [3.05, 3.63) is 35.4 Å². The summed E-state index contributed by atoms with van der Waals surface area (Å²) in [7, 11) is 3.34. The lowest BCUT2D eigenvalue weighted by Crippen LogP contribution is -2.39. The third kappa shape index (κ3) is 5.63. The van der Waals surface area contributed by atoms with Gasteiger partial charge in [-0.3, -0.25) is 4.79 Å². The quantitative estimate of drug-likeness (QED) is 0.716. The molecule has 3 rings (SSSR count). The van der Waals surface area contributed by atoms with Gasteiger partial charge in [0.1, 0.15) is 11.5 Å². The lowest BCUT2D eigenvalue weighted by atomic mass is 10.0. The zero-order chi connectivity index (χ0) is 18.4. The minimum absolute atomic E-state index is 0. The molecule has 2 aliphatic rings. The van der Waals surface area contributed by atoms with E-state index in [1.165, 1.54) is 18.4 Å². The van der Waals surface area contributed by atoms with E-state index in [0.717, 1.165) is 49.4 Å². The Kier molecular flexibility index (Phi) is 8.45. The molecule has 1 heterocycles. The van der Waals surface area contributed by atoms with Gasteiger partial charge < -0.3 is 19.7 Å². The molecule has 0 radical (unpaired) electrons. The van der Waals surface area contributed by atoms with Gasteiger partial charge in [-0.1, -0.05) is 24.5 Å². The summed E-state index contributed by atoms with van der Waals surface area (Å²) in [5.74, 6) is 1.83. The number of halogens is 1. The number of carbonyl (C=O) groups excluding carboxylic acids is 1. The van der Waals surface area contributed by atoms with E-state index in [0.29, 0.717) is 19.0 Å². The molecule has 0 spiro atoms. The first-order valence-electron chi connectivity index (χ1n) is 9.60. The van der Waals surface area contributed by atoms with Crippen molar-refractivity contribution in [2.75, 3.05) is 27.3 Å². The highest BCUT2D eigenvalue weighted by Crippen LogP contribution is 2.30. The van der Waals surface area contributed by atoms with E-state index in [2.05, 4.69) is 16.3 Å². The summed E-state index contributed by atoms with van der Waals surface area (Å²) < 4.78 is 10.9. The fourth-order valence-corrected chi connectivity index (χ4v) is 3.95. The van der Waals surface area contributed by atoms with E-state index in [9.17, 15) is 4.79 Å². The molecule has 6 heteroatoms. The SMILES string of the molecule is COc1ccc(OC)c(CN(C(=O)CC2=CCNCC2)C2CCCC2)c1.Cl. The smallest absolute Gasteiger partial charge is 0.227 e. The minimum atomic E-state index is 0. The zero-order valence-electron chi connectivity index (χ0n) is 16.3. The second-order valence-electron chi connectivity index (χ2n) is 7.13. The van der Waals surface area contributed by atoms with Gasteiger partial charge in [0.05, 0.1) is 14.2 Å². The molecule has 1 aromatic rings. The molecular weight excluding hydrogens is 364 g/mol. The van der Waals surface area contributed by atoms with Crippen molar-refractivity contribution in [2.45, 2.75) is 51.1 Å². The number of nitrogens with zero attached hydrogens (tertiary/aromatic N) is 1. The Morgan fingerprint density at radius 3 is 2.63 bits per heavy atom. The lowest BCUT2D eigenvalue weighted by molar-refractivity contribution is -0.133. The van der Waals surface area contributed by atoms with Crippen LogP contribution in [0.25, 0.3) is 0 Å². The van der Waals surface area contributed by atoms with Crippen molar-refractivity contribution < 1.29 is 14.3 Å². The molecule has 1 amide bonds. The van der Waals surface area contributed by atoms with E-state index >= 15 is 0 Å². The number of methoxy groups -OCH3 is 2. The second kappa shape index (κ2) is 10.6. The van der Waals surface area contributed by atoms with Crippen molar-refractivity contribution in [2.24, 2.45) is 0 Å². The highest BCUT2D eigenvalue weighted by atomic mass is 35.5. The molecule has 1 saturated carbocycles. The van der Waals surface area contributed by atoms with Crippen LogP contribution in [-0.2, 0) is 11.3 Å². The van der Waals surface area contributed by atoms with Gasteiger partial charge in [-0.15, -0.1) is 12.4 Å². The maximum Gasteiger partial charge on any atom is 0.227 e. The second-order valence-corrected chi connectivity index (χ2v) is 7.13. The Hall–Kier alpha value is -1.72. The van der Waals surface area contributed by atoms with E-state index in [1.54, 1.807) is 14.2 Å². The number of rotatable bonds is 7. The monoisotopic (exact) mass is 394 g/mol. The Morgan fingerprint density at radius 1 is 1.22 bits per heavy atom. The number of benzene rings is 1. The molecule has 1 aliphatic carbocycles. The molecule has 27 heavy (non-hydrogen) atoms. The van der Waals surface area contributed by atoms with Crippen molar-refractivity contribution in [3.8, 4) is 11.5 Å². The van der Waals surface area contributed by atoms with Gasteiger partial charge in [-0.2, -0.15) is 0 Å². The summed E-state index contributed by atoms with van der Waals surface area (Å²) in [5.41, 5.74) is 2.26. The number of ether oxygens (including phenoxy) is 2. The number of nitrogens with one attached hydrogen (secondary N) is 1. The van der Waals surface area contributed by atoms with Gasteiger partial charge in [-0.05, 0) is 44.0 Å². The zero-order valence-corrected chi connectivity index (χ0v) is 17.1. The molecule has 0 saturated heterocycles. The van der Waals surface area contributed by atoms with Gasteiger partial charge in [-0.25, -0.2) is 0 Å².